The summed E-state index contributed by atoms with van der Waals surface area (Å²) in [5.41, 5.74) is 2.99. The number of aromatic nitrogens is 1. The normalized spacial score (nSPS) is 10.5. The summed E-state index contributed by atoms with van der Waals surface area (Å²) in [6.45, 7) is 3.75. The topological polar surface area (TPSA) is 73.6 Å². The van der Waals surface area contributed by atoms with E-state index in [1.54, 1.807) is 21.1 Å². The van der Waals surface area contributed by atoms with Crippen molar-refractivity contribution in [3.05, 3.63) is 59.5 Å². The van der Waals surface area contributed by atoms with E-state index in [9.17, 15) is 4.79 Å². The van der Waals surface area contributed by atoms with E-state index >= 15 is 0 Å². The van der Waals surface area contributed by atoms with Crippen molar-refractivity contribution in [2.75, 3.05) is 19.5 Å². The standard InChI is InChI=1S/C21H22N2O4/c1-13-9-10-19(26-4)17(11-13)22-20(24)12-16-14(2)27-21(23-16)15-7-5-6-8-18(15)25-3/h5-11H,12H2,1-4H3,(H,22,24). The Balaban J connectivity index is 1.80. The molecule has 0 aliphatic rings. The second-order valence-electron chi connectivity index (χ2n) is 6.15. The first kappa shape index (κ1) is 18.5. The molecule has 0 radical (unpaired) electrons. The lowest BCUT2D eigenvalue weighted by atomic mass is 10.2. The van der Waals surface area contributed by atoms with Crippen LogP contribution >= 0.6 is 0 Å². The molecule has 3 rings (SSSR count). The third-order valence-electron chi connectivity index (χ3n) is 4.19. The molecule has 1 aromatic heterocycles. The van der Waals surface area contributed by atoms with Gasteiger partial charge in [0, 0.05) is 0 Å². The molecular weight excluding hydrogens is 344 g/mol. The minimum absolute atomic E-state index is 0.0988. The highest BCUT2D eigenvalue weighted by molar-refractivity contribution is 5.93. The predicted molar refractivity (Wildman–Crippen MR) is 103 cm³/mol. The molecule has 0 fully saturated rings. The molecule has 0 aliphatic heterocycles. The van der Waals surface area contributed by atoms with Gasteiger partial charge in [-0.05, 0) is 43.7 Å². The van der Waals surface area contributed by atoms with Crippen LogP contribution in [0.25, 0.3) is 11.5 Å². The molecule has 0 atom stereocenters. The molecule has 0 aliphatic carbocycles. The number of anilines is 1. The lowest BCUT2D eigenvalue weighted by molar-refractivity contribution is -0.115. The summed E-state index contributed by atoms with van der Waals surface area (Å²) in [6.07, 6.45) is 0.0988. The van der Waals surface area contributed by atoms with Crippen LogP contribution in [0.4, 0.5) is 5.69 Å². The Kier molecular flexibility index (Phi) is 5.45. The van der Waals surface area contributed by atoms with Crippen LogP contribution in [0.15, 0.2) is 46.9 Å². The van der Waals surface area contributed by atoms with E-state index in [-0.39, 0.29) is 12.3 Å². The quantitative estimate of drug-likeness (QED) is 0.709. The van der Waals surface area contributed by atoms with Gasteiger partial charge in [-0.2, -0.15) is 0 Å². The monoisotopic (exact) mass is 366 g/mol. The summed E-state index contributed by atoms with van der Waals surface area (Å²) < 4.78 is 16.4. The molecule has 140 valence electrons. The molecule has 3 aromatic rings. The van der Waals surface area contributed by atoms with Crippen LogP contribution in [0.5, 0.6) is 11.5 Å². The highest BCUT2D eigenvalue weighted by Crippen LogP contribution is 2.30. The van der Waals surface area contributed by atoms with Crippen molar-refractivity contribution in [3.63, 3.8) is 0 Å². The first-order valence-electron chi connectivity index (χ1n) is 8.56. The summed E-state index contributed by atoms with van der Waals surface area (Å²) in [4.78, 5) is 17.0. The molecule has 1 amide bonds. The summed E-state index contributed by atoms with van der Waals surface area (Å²) in [5, 5.41) is 2.88. The van der Waals surface area contributed by atoms with Gasteiger partial charge in [-0.1, -0.05) is 18.2 Å². The summed E-state index contributed by atoms with van der Waals surface area (Å²) in [6, 6.07) is 13.1. The van der Waals surface area contributed by atoms with E-state index in [0.29, 0.717) is 34.5 Å². The lowest BCUT2D eigenvalue weighted by Gasteiger charge is -2.10. The predicted octanol–water partition coefficient (Wildman–Crippen LogP) is 4.16. The maximum absolute atomic E-state index is 12.5. The molecule has 0 spiro atoms. The number of methoxy groups -OCH3 is 2. The van der Waals surface area contributed by atoms with Crippen molar-refractivity contribution in [3.8, 4) is 23.0 Å². The number of nitrogens with one attached hydrogen (secondary N) is 1. The van der Waals surface area contributed by atoms with Crippen molar-refractivity contribution < 1.29 is 18.7 Å². The minimum Gasteiger partial charge on any atom is -0.496 e. The van der Waals surface area contributed by atoms with Gasteiger partial charge in [0.1, 0.15) is 17.3 Å². The molecule has 0 unspecified atom stereocenters. The molecule has 1 N–H and O–H groups in total. The second kappa shape index (κ2) is 7.95. The molecule has 2 aromatic carbocycles. The fraction of sp³-hybridized carbons (Fsp3) is 0.238. The number of para-hydroxylation sites is 1. The van der Waals surface area contributed by atoms with Gasteiger partial charge < -0.3 is 19.2 Å². The Morgan fingerprint density at radius 3 is 2.56 bits per heavy atom. The Labute approximate surface area is 158 Å². The number of rotatable bonds is 6. The zero-order valence-electron chi connectivity index (χ0n) is 15.8. The van der Waals surface area contributed by atoms with Gasteiger partial charge in [0.15, 0.2) is 0 Å². The Hall–Kier alpha value is -3.28. The molecule has 27 heavy (non-hydrogen) atoms. The minimum atomic E-state index is -0.193. The number of hydrogen-bond donors (Lipinski definition) is 1. The maximum Gasteiger partial charge on any atom is 0.230 e. The van der Waals surface area contributed by atoms with Crippen molar-refractivity contribution >= 4 is 11.6 Å². The van der Waals surface area contributed by atoms with E-state index in [4.69, 9.17) is 13.9 Å². The number of oxazole rings is 1. The average Bonchev–Trinajstić information content (AvgIpc) is 3.02. The third-order valence-corrected chi connectivity index (χ3v) is 4.19. The van der Waals surface area contributed by atoms with Crippen LogP contribution in [0.3, 0.4) is 0 Å². The zero-order valence-corrected chi connectivity index (χ0v) is 15.8. The smallest absolute Gasteiger partial charge is 0.230 e. The van der Waals surface area contributed by atoms with Crippen LogP contribution in [0.2, 0.25) is 0 Å². The number of aryl methyl sites for hydroxylation is 2. The van der Waals surface area contributed by atoms with Crippen LogP contribution < -0.4 is 14.8 Å². The number of amides is 1. The Morgan fingerprint density at radius 1 is 1.07 bits per heavy atom. The van der Waals surface area contributed by atoms with E-state index < -0.39 is 0 Å². The number of carbonyl (C=O) groups excluding carboxylic acids is 1. The first-order valence-corrected chi connectivity index (χ1v) is 8.56. The number of carbonyl (C=O) groups is 1. The van der Waals surface area contributed by atoms with Crippen LogP contribution in [0.1, 0.15) is 17.0 Å². The molecule has 1 heterocycles. The zero-order chi connectivity index (χ0) is 19.4. The molecule has 0 saturated heterocycles. The summed E-state index contributed by atoms with van der Waals surface area (Å²) in [5.74, 6) is 2.12. The van der Waals surface area contributed by atoms with E-state index in [2.05, 4.69) is 10.3 Å². The number of hydrogen-bond acceptors (Lipinski definition) is 5. The maximum atomic E-state index is 12.5. The fourth-order valence-corrected chi connectivity index (χ4v) is 2.79. The van der Waals surface area contributed by atoms with Gasteiger partial charge in [0.05, 0.1) is 37.6 Å². The van der Waals surface area contributed by atoms with Gasteiger partial charge in [-0.25, -0.2) is 4.98 Å². The number of ether oxygens (including phenoxy) is 2. The van der Waals surface area contributed by atoms with Gasteiger partial charge in [0.25, 0.3) is 0 Å². The van der Waals surface area contributed by atoms with Gasteiger partial charge in [0.2, 0.25) is 11.8 Å². The number of nitrogens with zero attached hydrogens (tertiary/aromatic N) is 1. The van der Waals surface area contributed by atoms with Crippen LogP contribution in [-0.4, -0.2) is 25.1 Å². The molecule has 0 bridgehead atoms. The van der Waals surface area contributed by atoms with E-state index in [1.807, 2.05) is 49.4 Å². The van der Waals surface area contributed by atoms with Gasteiger partial charge >= 0.3 is 0 Å². The highest BCUT2D eigenvalue weighted by Gasteiger charge is 2.18. The van der Waals surface area contributed by atoms with Crippen LogP contribution in [0, 0.1) is 13.8 Å². The molecule has 6 heteroatoms. The van der Waals surface area contributed by atoms with Crippen molar-refractivity contribution in [1.29, 1.82) is 0 Å². The molecule has 0 saturated carbocycles. The number of benzene rings is 2. The fourth-order valence-electron chi connectivity index (χ4n) is 2.79. The Morgan fingerprint density at radius 2 is 1.81 bits per heavy atom. The van der Waals surface area contributed by atoms with Crippen molar-refractivity contribution in [2.45, 2.75) is 20.3 Å². The van der Waals surface area contributed by atoms with Gasteiger partial charge in [-0.15, -0.1) is 0 Å². The first-order chi connectivity index (χ1) is 13.0. The Bertz CT molecular complexity index is 963. The largest absolute Gasteiger partial charge is 0.496 e. The molecule has 6 nitrogen and oxygen atoms in total. The second-order valence-corrected chi connectivity index (χ2v) is 6.15. The lowest BCUT2D eigenvalue weighted by Crippen LogP contribution is -2.16. The van der Waals surface area contributed by atoms with Crippen molar-refractivity contribution in [1.82, 2.24) is 4.98 Å². The van der Waals surface area contributed by atoms with Crippen molar-refractivity contribution in [2.24, 2.45) is 0 Å². The summed E-state index contributed by atoms with van der Waals surface area (Å²) >= 11 is 0. The molecular formula is C21H22N2O4. The van der Waals surface area contributed by atoms with E-state index in [0.717, 1.165) is 11.1 Å². The average molecular weight is 366 g/mol. The highest BCUT2D eigenvalue weighted by atomic mass is 16.5. The third kappa shape index (κ3) is 4.11. The summed E-state index contributed by atoms with van der Waals surface area (Å²) in [7, 11) is 3.17. The van der Waals surface area contributed by atoms with Gasteiger partial charge in [-0.3, -0.25) is 4.79 Å². The van der Waals surface area contributed by atoms with Crippen LogP contribution in [-0.2, 0) is 11.2 Å². The SMILES string of the molecule is COc1ccc(C)cc1NC(=O)Cc1nc(-c2ccccc2OC)oc1C. The van der Waals surface area contributed by atoms with E-state index in [1.165, 1.54) is 0 Å².